The van der Waals surface area contributed by atoms with Gasteiger partial charge in [0.15, 0.2) is 0 Å². The molecule has 136 valence electrons. The number of imidazole rings is 1. The topological polar surface area (TPSA) is 50.5 Å². The summed E-state index contributed by atoms with van der Waals surface area (Å²) in [5.41, 5.74) is 3.64. The van der Waals surface area contributed by atoms with Crippen LogP contribution < -0.4 is 0 Å². The monoisotopic (exact) mass is 343 g/mol. The Balaban J connectivity index is 1.48. The molecule has 1 N–H and O–H groups in total. The minimum absolute atomic E-state index is 0.359. The average molecular weight is 343 g/mol. The van der Waals surface area contributed by atoms with E-state index in [9.17, 15) is 5.11 Å². The molecule has 1 aromatic heterocycles. The van der Waals surface area contributed by atoms with Gasteiger partial charge < -0.3 is 14.4 Å². The second kappa shape index (κ2) is 8.13. The second-order valence-corrected chi connectivity index (χ2v) is 7.22. The highest BCUT2D eigenvalue weighted by Gasteiger charge is 2.24. The fraction of sp³-hybridized carbons (Fsp3) is 0.550. The SMILES string of the molecule is CC(C)c1nc2c(n1C)CCN(C[C@@H](O)COCc1ccccc1)C2. The number of aromatic nitrogens is 2. The molecule has 0 unspecified atom stereocenters. The van der Waals surface area contributed by atoms with Crippen molar-refractivity contribution in [2.75, 3.05) is 19.7 Å². The van der Waals surface area contributed by atoms with Gasteiger partial charge in [-0.25, -0.2) is 4.98 Å². The third-order valence-corrected chi connectivity index (χ3v) is 4.78. The van der Waals surface area contributed by atoms with Gasteiger partial charge in [0.1, 0.15) is 5.82 Å². The van der Waals surface area contributed by atoms with Crippen LogP contribution in [-0.4, -0.2) is 45.4 Å². The summed E-state index contributed by atoms with van der Waals surface area (Å²) < 4.78 is 7.90. The van der Waals surface area contributed by atoms with E-state index >= 15 is 0 Å². The lowest BCUT2D eigenvalue weighted by molar-refractivity contribution is 0.00744. The Morgan fingerprint density at radius 1 is 1.24 bits per heavy atom. The maximum atomic E-state index is 10.3. The summed E-state index contributed by atoms with van der Waals surface area (Å²) in [6.45, 7) is 7.66. The molecule has 0 radical (unpaired) electrons. The molecule has 2 aromatic rings. The largest absolute Gasteiger partial charge is 0.389 e. The molecule has 5 heteroatoms. The summed E-state index contributed by atoms with van der Waals surface area (Å²) in [6, 6.07) is 10.1. The fourth-order valence-electron chi connectivity index (χ4n) is 3.51. The Bertz CT molecular complexity index is 682. The van der Waals surface area contributed by atoms with Crippen molar-refractivity contribution < 1.29 is 9.84 Å². The van der Waals surface area contributed by atoms with Gasteiger partial charge >= 0.3 is 0 Å². The maximum Gasteiger partial charge on any atom is 0.111 e. The van der Waals surface area contributed by atoms with Gasteiger partial charge in [-0.2, -0.15) is 0 Å². The predicted octanol–water partition coefficient (Wildman–Crippen LogP) is 2.48. The normalized spacial score (nSPS) is 16.2. The number of nitrogens with zero attached hydrogens (tertiary/aromatic N) is 3. The first-order chi connectivity index (χ1) is 12.0. The molecule has 0 bridgehead atoms. The number of aliphatic hydroxyl groups excluding tert-OH is 1. The van der Waals surface area contributed by atoms with Crippen molar-refractivity contribution >= 4 is 0 Å². The van der Waals surface area contributed by atoms with E-state index in [0.717, 1.165) is 36.6 Å². The zero-order valence-electron chi connectivity index (χ0n) is 15.5. The molecule has 5 nitrogen and oxygen atoms in total. The van der Waals surface area contributed by atoms with Crippen LogP contribution in [0.25, 0.3) is 0 Å². The maximum absolute atomic E-state index is 10.3. The smallest absolute Gasteiger partial charge is 0.111 e. The number of aliphatic hydroxyl groups is 1. The van der Waals surface area contributed by atoms with Gasteiger partial charge in [0.05, 0.1) is 25.0 Å². The van der Waals surface area contributed by atoms with Gasteiger partial charge in [-0.15, -0.1) is 0 Å². The number of hydrogen-bond donors (Lipinski definition) is 1. The van der Waals surface area contributed by atoms with Crippen LogP contribution in [0.3, 0.4) is 0 Å². The van der Waals surface area contributed by atoms with E-state index in [0.29, 0.717) is 25.7 Å². The molecule has 0 fully saturated rings. The van der Waals surface area contributed by atoms with Gasteiger partial charge in [-0.3, -0.25) is 4.90 Å². The number of rotatable bonds is 7. The van der Waals surface area contributed by atoms with Crippen molar-refractivity contribution in [1.82, 2.24) is 14.5 Å². The highest BCUT2D eigenvalue weighted by molar-refractivity contribution is 5.21. The number of ether oxygens (including phenoxy) is 1. The van der Waals surface area contributed by atoms with Gasteiger partial charge in [-0.05, 0) is 5.56 Å². The number of β-amino-alcohol motifs (C(OH)–C–C–N with tert-alkyl or cyclic N) is 1. The van der Waals surface area contributed by atoms with Crippen LogP contribution in [0.4, 0.5) is 0 Å². The summed E-state index contributed by atoms with van der Waals surface area (Å²) in [5.74, 6) is 1.58. The van der Waals surface area contributed by atoms with E-state index in [2.05, 4.69) is 30.4 Å². The van der Waals surface area contributed by atoms with Crippen LogP contribution in [0.2, 0.25) is 0 Å². The van der Waals surface area contributed by atoms with Gasteiger partial charge in [0.25, 0.3) is 0 Å². The summed E-state index contributed by atoms with van der Waals surface area (Å²) in [4.78, 5) is 7.09. The molecule has 1 aromatic carbocycles. The van der Waals surface area contributed by atoms with Gasteiger partial charge in [0, 0.05) is 44.7 Å². The number of fused-ring (bicyclic) bond motifs is 1. The van der Waals surface area contributed by atoms with Crippen molar-refractivity contribution in [1.29, 1.82) is 0 Å². The van der Waals surface area contributed by atoms with E-state index < -0.39 is 6.10 Å². The zero-order valence-corrected chi connectivity index (χ0v) is 15.5. The minimum atomic E-state index is -0.474. The third-order valence-electron chi connectivity index (χ3n) is 4.78. The van der Waals surface area contributed by atoms with Crippen LogP contribution in [0.5, 0.6) is 0 Å². The molecular weight excluding hydrogens is 314 g/mol. The van der Waals surface area contributed by atoms with E-state index in [-0.39, 0.29) is 0 Å². The summed E-state index contributed by atoms with van der Waals surface area (Å²) in [6.07, 6.45) is 0.516. The van der Waals surface area contributed by atoms with Crippen molar-refractivity contribution in [3.63, 3.8) is 0 Å². The molecule has 1 aliphatic rings. The first-order valence-electron chi connectivity index (χ1n) is 9.11. The Kier molecular flexibility index (Phi) is 5.89. The van der Waals surface area contributed by atoms with Crippen LogP contribution in [0, 0.1) is 0 Å². The standard InChI is InChI=1S/C20H29N3O2/c1-15(2)20-21-18-12-23(10-9-19(18)22(20)3)11-17(24)14-25-13-16-7-5-4-6-8-16/h4-8,15,17,24H,9-14H2,1-3H3/t17-/m1/s1. The molecule has 0 saturated carbocycles. The Hall–Kier alpha value is -1.69. The van der Waals surface area contributed by atoms with Crippen LogP contribution in [-0.2, 0) is 31.4 Å². The highest BCUT2D eigenvalue weighted by atomic mass is 16.5. The Labute approximate surface area is 150 Å². The van der Waals surface area contributed by atoms with E-state index in [4.69, 9.17) is 9.72 Å². The quantitative estimate of drug-likeness (QED) is 0.839. The zero-order chi connectivity index (χ0) is 17.8. The van der Waals surface area contributed by atoms with E-state index in [1.807, 2.05) is 30.3 Å². The third kappa shape index (κ3) is 4.48. The molecule has 0 amide bonds. The first kappa shape index (κ1) is 18.1. The Morgan fingerprint density at radius 3 is 2.72 bits per heavy atom. The molecule has 1 aliphatic heterocycles. The highest BCUT2D eigenvalue weighted by Crippen LogP contribution is 2.23. The fourth-order valence-corrected chi connectivity index (χ4v) is 3.51. The molecular formula is C20H29N3O2. The van der Waals surface area contributed by atoms with Crippen molar-refractivity contribution in [3.8, 4) is 0 Å². The molecule has 25 heavy (non-hydrogen) atoms. The first-order valence-corrected chi connectivity index (χ1v) is 9.11. The molecule has 0 saturated heterocycles. The number of hydrogen-bond acceptors (Lipinski definition) is 4. The molecule has 2 heterocycles. The Morgan fingerprint density at radius 2 is 2.00 bits per heavy atom. The lowest BCUT2D eigenvalue weighted by Gasteiger charge is -2.28. The average Bonchev–Trinajstić information content (AvgIpc) is 2.92. The van der Waals surface area contributed by atoms with Crippen LogP contribution in [0.1, 0.15) is 42.5 Å². The summed E-state index contributed by atoms with van der Waals surface area (Å²) >= 11 is 0. The lowest BCUT2D eigenvalue weighted by atomic mass is 10.1. The number of benzene rings is 1. The van der Waals surface area contributed by atoms with E-state index in [1.165, 1.54) is 5.69 Å². The van der Waals surface area contributed by atoms with Crippen molar-refractivity contribution in [3.05, 3.63) is 53.1 Å². The molecule has 0 spiro atoms. The van der Waals surface area contributed by atoms with Crippen molar-refractivity contribution in [2.45, 2.75) is 45.4 Å². The van der Waals surface area contributed by atoms with Crippen LogP contribution in [0.15, 0.2) is 30.3 Å². The summed E-state index contributed by atoms with van der Waals surface area (Å²) in [5, 5.41) is 10.3. The van der Waals surface area contributed by atoms with Crippen LogP contribution >= 0.6 is 0 Å². The van der Waals surface area contributed by atoms with E-state index in [1.54, 1.807) is 0 Å². The predicted molar refractivity (Wildman–Crippen MR) is 98.4 cm³/mol. The molecule has 1 atom stereocenters. The molecule has 3 rings (SSSR count). The van der Waals surface area contributed by atoms with Gasteiger partial charge in [-0.1, -0.05) is 44.2 Å². The van der Waals surface area contributed by atoms with Crippen molar-refractivity contribution in [2.24, 2.45) is 7.05 Å². The summed E-state index contributed by atoms with van der Waals surface area (Å²) in [7, 11) is 2.11. The lowest BCUT2D eigenvalue weighted by Crippen LogP contribution is -2.38. The minimum Gasteiger partial charge on any atom is -0.389 e. The van der Waals surface area contributed by atoms with Gasteiger partial charge in [0.2, 0.25) is 0 Å². The molecule has 0 aliphatic carbocycles. The second-order valence-electron chi connectivity index (χ2n) is 7.22.